The van der Waals surface area contributed by atoms with Crippen LogP contribution in [0.15, 0.2) is 24.0 Å². The van der Waals surface area contributed by atoms with E-state index in [-0.39, 0.29) is 18.3 Å². The molecule has 0 spiro atoms. The molecule has 0 aliphatic rings. The summed E-state index contributed by atoms with van der Waals surface area (Å²) in [7, 11) is 0. The fourth-order valence-electron chi connectivity index (χ4n) is 0.844. The van der Waals surface area contributed by atoms with E-state index < -0.39 is 5.97 Å². The second-order valence-corrected chi connectivity index (χ2v) is 3.13. The Balaban J connectivity index is 4.36. The fraction of sp³-hybridized carbons (Fsp3) is 0.545. The Bertz CT molecular complexity index is 241. The molecule has 0 fully saturated rings. The molecule has 0 aliphatic carbocycles. The van der Waals surface area contributed by atoms with E-state index in [0.717, 1.165) is 12.0 Å². The highest BCUT2D eigenvalue weighted by Crippen LogP contribution is 2.14. The minimum Gasteiger partial charge on any atom is -0.502 e. The van der Waals surface area contributed by atoms with Crippen molar-refractivity contribution in [2.75, 3.05) is 6.61 Å². The molecule has 1 N–H and O–H groups in total. The Morgan fingerprint density at radius 2 is 2.14 bits per heavy atom. The highest BCUT2D eigenvalue weighted by atomic mass is 16.5. The van der Waals surface area contributed by atoms with E-state index in [4.69, 9.17) is 0 Å². The predicted molar refractivity (Wildman–Crippen MR) is 55.9 cm³/mol. The molecule has 0 unspecified atom stereocenters. The van der Waals surface area contributed by atoms with Gasteiger partial charge in [0.2, 0.25) is 5.76 Å². The van der Waals surface area contributed by atoms with Crippen LogP contribution in [0.2, 0.25) is 0 Å². The van der Waals surface area contributed by atoms with Gasteiger partial charge in [-0.25, -0.2) is 4.79 Å². The van der Waals surface area contributed by atoms with E-state index in [1.54, 1.807) is 6.92 Å². The van der Waals surface area contributed by atoms with Crippen LogP contribution in [0.25, 0.3) is 0 Å². The van der Waals surface area contributed by atoms with E-state index in [1.807, 2.05) is 13.8 Å². The SMILES string of the molecule is C=C(C=C(O)C(=O)OCC)[C@@H](C)CC. The standard InChI is InChI=1S/C11H18O3/c1-5-8(3)9(4)7-10(12)11(13)14-6-2/h7-8,12H,4-6H2,1-3H3/t8-/m0/s1. The van der Waals surface area contributed by atoms with Gasteiger partial charge in [-0.15, -0.1) is 0 Å². The molecule has 0 aromatic heterocycles. The van der Waals surface area contributed by atoms with Crippen LogP contribution in [0.1, 0.15) is 27.2 Å². The van der Waals surface area contributed by atoms with Gasteiger partial charge in [0.25, 0.3) is 0 Å². The predicted octanol–water partition coefficient (Wildman–Crippen LogP) is 2.59. The zero-order valence-electron chi connectivity index (χ0n) is 9.04. The third-order valence-electron chi connectivity index (χ3n) is 2.05. The number of allylic oxidation sites excluding steroid dienone is 2. The van der Waals surface area contributed by atoms with Crippen molar-refractivity contribution < 1.29 is 14.6 Å². The molecule has 0 saturated heterocycles. The lowest BCUT2D eigenvalue weighted by atomic mass is 9.99. The minimum absolute atomic E-state index is 0.256. The summed E-state index contributed by atoms with van der Waals surface area (Å²) in [5.74, 6) is -0.819. The van der Waals surface area contributed by atoms with E-state index in [1.165, 1.54) is 6.08 Å². The van der Waals surface area contributed by atoms with E-state index in [9.17, 15) is 9.90 Å². The molecule has 0 radical (unpaired) electrons. The Morgan fingerprint density at radius 1 is 1.57 bits per heavy atom. The van der Waals surface area contributed by atoms with Crippen LogP contribution in [0.5, 0.6) is 0 Å². The van der Waals surface area contributed by atoms with E-state index in [0.29, 0.717) is 0 Å². The monoisotopic (exact) mass is 198 g/mol. The van der Waals surface area contributed by atoms with Crippen molar-refractivity contribution in [3.63, 3.8) is 0 Å². The van der Waals surface area contributed by atoms with Crippen LogP contribution >= 0.6 is 0 Å². The maximum atomic E-state index is 11.0. The van der Waals surface area contributed by atoms with Gasteiger partial charge in [0.1, 0.15) is 0 Å². The minimum atomic E-state index is -0.697. The van der Waals surface area contributed by atoms with Gasteiger partial charge in [-0.05, 0) is 30.9 Å². The van der Waals surface area contributed by atoms with Crippen molar-refractivity contribution in [2.45, 2.75) is 27.2 Å². The number of hydrogen-bond donors (Lipinski definition) is 1. The van der Waals surface area contributed by atoms with Crippen LogP contribution in [0, 0.1) is 5.92 Å². The Hall–Kier alpha value is -1.25. The number of hydrogen-bond acceptors (Lipinski definition) is 3. The first-order valence-electron chi connectivity index (χ1n) is 4.79. The molecule has 14 heavy (non-hydrogen) atoms. The highest BCUT2D eigenvalue weighted by Gasteiger charge is 2.10. The molecule has 0 heterocycles. The molecule has 3 heteroatoms. The number of aliphatic hydroxyl groups is 1. The molecule has 0 rings (SSSR count). The Kier molecular flexibility index (Phi) is 5.68. The molecular formula is C11H18O3. The van der Waals surface area contributed by atoms with Crippen molar-refractivity contribution in [1.29, 1.82) is 0 Å². The molecule has 0 aromatic rings. The van der Waals surface area contributed by atoms with E-state index in [2.05, 4.69) is 11.3 Å². The van der Waals surface area contributed by atoms with Crippen LogP contribution in [0.3, 0.4) is 0 Å². The number of esters is 1. The van der Waals surface area contributed by atoms with Gasteiger partial charge in [-0.3, -0.25) is 0 Å². The van der Waals surface area contributed by atoms with Gasteiger partial charge in [0.05, 0.1) is 6.61 Å². The molecule has 80 valence electrons. The molecular weight excluding hydrogens is 180 g/mol. The number of carbonyl (C=O) groups excluding carboxylic acids is 1. The summed E-state index contributed by atoms with van der Waals surface area (Å²) in [6, 6.07) is 0. The van der Waals surface area contributed by atoms with Crippen molar-refractivity contribution in [3.8, 4) is 0 Å². The lowest BCUT2D eigenvalue weighted by molar-refractivity contribution is -0.141. The lowest BCUT2D eigenvalue weighted by Gasteiger charge is -2.08. The van der Waals surface area contributed by atoms with Gasteiger partial charge in [-0.2, -0.15) is 0 Å². The molecule has 0 aromatic carbocycles. The molecule has 1 atom stereocenters. The van der Waals surface area contributed by atoms with Crippen LogP contribution in [-0.4, -0.2) is 17.7 Å². The second-order valence-electron chi connectivity index (χ2n) is 3.13. The zero-order valence-corrected chi connectivity index (χ0v) is 9.04. The number of rotatable bonds is 5. The first-order chi connectivity index (χ1) is 6.52. The maximum absolute atomic E-state index is 11.0. The summed E-state index contributed by atoms with van der Waals surface area (Å²) in [5.41, 5.74) is 0.734. The summed E-state index contributed by atoms with van der Waals surface area (Å²) in [5, 5.41) is 9.29. The zero-order chi connectivity index (χ0) is 11.1. The fourth-order valence-corrected chi connectivity index (χ4v) is 0.844. The quantitative estimate of drug-likeness (QED) is 0.319. The topological polar surface area (TPSA) is 46.5 Å². The molecule has 0 aliphatic heterocycles. The average molecular weight is 198 g/mol. The normalized spacial score (nSPS) is 13.5. The van der Waals surface area contributed by atoms with Crippen molar-refractivity contribution >= 4 is 5.97 Å². The lowest BCUT2D eigenvalue weighted by Crippen LogP contribution is -2.08. The van der Waals surface area contributed by atoms with Gasteiger partial charge in [-0.1, -0.05) is 20.4 Å². The Labute approximate surface area is 85.1 Å². The van der Waals surface area contributed by atoms with Gasteiger partial charge in [0, 0.05) is 0 Å². The van der Waals surface area contributed by atoms with Crippen molar-refractivity contribution in [1.82, 2.24) is 0 Å². The summed E-state index contributed by atoms with van der Waals surface area (Å²) in [6.07, 6.45) is 2.29. The largest absolute Gasteiger partial charge is 0.502 e. The van der Waals surface area contributed by atoms with Gasteiger partial charge < -0.3 is 9.84 Å². The third kappa shape index (κ3) is 4.12. The van der Waals surface area contributed by atoms with Crippen LogP contribution < -0.4 is 0 Å². The third-order valence-corrected chi connectivity index (χ3v) is 2.05. The van der Waals surface area contributed by atoms with Crippen molar-refractivity contribution in [2.24, 2.45) is 5.92 Å². The van der Waals surface area contributed by atoms with Crippen LogP contribution in [-0.2, 0) is 9.53 Å². The number of ether oxygens (including phenoxy) is 1. The first kappa shape index (κ1) is 12.8. The van der Waals surface area contributed by atoms with Gasteiger partial charge in [0.15, 0.2) is 0 Å². The summed E-state index contributed by atoms with van der Waals surface area (Å²) < 4.78 is 4.62. The summed E-state index contributed by atoms with van der Waals surface area (Å²) in [6.45, 7) is 9.71. The van der Waals surface area contributed by atoms with E-state index >= 15 is 0 Å². The number of carbonyl (C=O) groups is 1. The van der Waals surface area contributed by atoms with Gasteiger partial charge >= 0.3 is 5.97 Å². The second kappa shape index (κ2) is 6.24. The number of aliphatic hydroxyl groups excluding tert-OH is 1. The van der Waals surface area contributed by atoms with Crippen LogP contribution in [0.4, 0.5) is 0 Å². The molecule has 0 bridgehead atoms. The summed E-state index contributed by atoms with van der Waals surface area (Å²) >= 11 is 0. The Morgan fingerprint density at radius 3 is 2.57 bits per heavy atom. The molecule has 3 nitrogen and oxygen atoms in total. The maximum Gasteiger partial charge on any atom is 0.373 e. The molecule has 0 amide bonds. The highest BCUT2D eigenvalue weighted by molar-refractivity contribution is 5.86. The van der Waals surface area contributed by atoms with Crippen molar-refractivity contribution in [3.05, 3.63) is 24.0 Å². The summed E-state index contributed by atoms with van der Waals surface area (Å²) in [4.78, 5) is 11.0. The molecule has 0 saturated carbocycles. The average Bonchev–Trinajstić information content (AvgIpc) is 2.16. The first-order valence-corrected chi connectivity index (χ1v) is 4.79. The smallest absolute Gasteiger partial charge is 0.373 e.